The van der Waals surface area contributed by atoms with Gasteiger partial charge < -0.3 is 24.8 Å². The van der Waals surface area contributed by atoms with Gasteiger partial charge in [-0.15, -0.1) is 0 Å². The van der Waals surface area contributed by atoms with Crippen molar-refractivity contribution in [3.63, 3.8) is 0 Å². The van der Waals surface area contributed by atoms with Crippen molar-refractivity contribution in [2.24, 2.45) is 5.73 Å². The Morgan fingerprint density at radius 2 is 1.69 bits per heavy atom. The lowest BCUT2D eigenvalue weighted by Gasteiger charge is -2.29. The van der Waals surface area contributed by atoms with E-state index >= 15 is 0 Å². The van der Waals surface area contributed by atoms with Crippen LogP contribution in [-0.4, -0.2) is 43.3 Å². The zero-order valence-electron chi connectivity index (χ0n) is 10.1. The summed E-state index contributed by atoms with van der Waals surface area (Å²) in [4.78, 5) is 0. The fourth-order valence-electron chi connectivity index (χ4n) is 1.17. The van der Waals surface area contributed by atoms with Gasteiger partial charge in [-0.2, -0.15) is 0 Å². The average Bonchev–Trinajstić information content (AvgIpc) is 2.27. The molecule has 0 aliphatic carbocycles. The Kier molecular flexibility index (Phi) is 8.18. The van der Waals surface area contributed by atoms with Crippen LogP contribution >= 0.6 is 7.37 Å². The normalized spacial score (nSPS) is 17.4. The molecule has 7 heteroatoms. The highest BCUT2D eigenvalue weighted by Crippen LogP contribution is 2.55. The van der Waals surface area contributed by atoms with E-state index in [4.69, 9.17) is 24.8 Å². The van der Waals surface area contributed by atoms with E-state index in [2.05, 4.69) is 0 Å². The highest BCUT2D eigenvalue weighted by atomic mass is 31.2. The fraction of sp³-hybridized carbons (Fsp3) is 1.00. The van der Waals surface area contributed by atoms with Gasteiger partial charge in [-0.3, -0.25) is 4.57 Å². The molecule has 0 radical (unpaired) electrons. The van der Waals surface area contributed by atoms with Gasteiger partial charge >= 0.3 is 0 Å². The van der Waals surface area contributed by atoms with Crippen molar-refractivity contribution >= 4 is 7.37 Å². The van der Waals surface area contributed by atoms with Gasteiger partial charge in [0.05, 0.1) is 13.2 Å². The average molecular weight is 255 g/mol. The van der Waals surface area contributed by atoms with Crippen LogP contribution in [0.5, 0.6) is 0 Å². The minimum atomic E-state index is -3.37. The molecule has 1 unspecified atom stereocenters. The molecule has 0 aromatic rings. The molecular formula is C9H22NO5P. The summed E-state index contributed by atoms with van der Waals surface area (Å²) in [5.41, 5.74) is 5.60. The van der Waals surface area contributed by atoms with E-state index in [0.717, 1.165) is 0 Å². The van der Waals surface area contributed by atoms with Crippen molar-refractivity contribution < 1.29 is 23.7 Å². The molecule has 0 saturated carbocycles. The van der Waals surface area contributed by atoms with Gasteiger partial charge in [0.2, 0.25) is 6.03 Å². The second-order valence-electron chi connectivity index (χ2n) is 3.03. The topological polar surface area (TPSA) is 91.0 Å². The summed E-state index contributed by atoms with van der Waals surface area (Å²) in [6.07, 6.45) is 0. The summed E-state index contributed by atoms with van der Waals surface area (Å²) in [5, 5.41) is 8.99. The maximum Gasteiger partial charge on any atom is 0.276 e. The molecule has 0 fully saturated rings. The molecule has 98 valence electrons. The predicted octanol–water partition coefficient (Wildman–Crippen LogP) is 0.935. The molecule has 0 rings (SSSR count). The van der Waals surface area contributed by atoms with E-state index in [-0.39, 0.29) is 6.61 Å². The summed E-state index contributed by atoms with van der Waals surface area (Å²) >= 11 is 0. The molecule has 0 spiro atoms. The van der Waals surface area contributed by atoms with E-state index in [1.807, 2.05) is 0 Å². The largest absolute Gasteiger partial charge is 0.394 e. The first-order valence-electron chi connectivity index (χ1n) is 5.40. The first-order chi connectivity index (χ1) is 7.56. The Balaban J connectivity index is 4.87. The van der Waals surface area contributed by atoms with E-state index in [9.17, 15) is 4.57 Å². The number of hydrogen-bond donors (Lipinski definition) is 2. The van der Waals surface area contributed by atoms with E-state index in [1.54, 1.807) is 20.8 Å². The maximum atomic E-state index is 12.5. The predicted molar refractivity (Wildman–Crippen MR) is 61.3 cm³/mol. The molecule has 6 nitrogen and oxygen atoms in total. The van der Waals surface area contributed by atoms with Crippen molar-refractivity contribution in [1.82, 2.24) is 0 Å². The number of hydrogen-bond acceptors (Lipinski definition) is 6. The molecule has 0 aliphatic rings. The molecule has 0 heterocycles. The Bertz CT molecular complexity index is 220. The van der Waals surface area contributed by atoms with Gasteiger partial charge in [0.25, 0.3) is 7.37 Å². The van der Waals surface area contributed by atoms with Crippen LogP contribution in [0, 0.1) is 0 Å². The Morgan fingerprint density at radius 1 is 1.19 bits per heavy atom. The van der Waals surface area contributed by atoms with Gasteiger partial charge in [0.1, 0.15) is 5.78 Å². The smallest absolute Gasteiger partial charge is 0.276 e. The summed E-state index contributed by atoms with van der Waals surface area (Å²) in [5.74, 6) is -0.990. The molecular weight excluding hydrogens is 233 g/mol. The standard InChI is InChI=1S/C9H22NO5P/c1-4-13-9(14-5-2)16(12,15-6-3)8(10)7-11/h8-9,11H,4-7,10H2,1-3H3/t8-,16?/m1/s1. The zero-order chi connectivity index (χ0) is 12.6. The highest BCUT2D eigenvalue weighted by Gasteiger charge is 2.41. The van der Waals surface area contributed by atoms with Crippen molar-refractivity contribution in [3.05, 3.63) is 0 Å². The van der Waals surface area contributed by atoms with Crippen LogP contribution in [0.1, 0.15) is 20.8 Å². The number of rotatable bonds is 9. The fourth-order valence-corrected chi connectivity index (χ4v) is 3.14. The van der Waals surface area contributed by atoms with Crippen molar-refractivity contribution in [3.8, 4) is 0 Å². The molecule has 0 bridgehead atoms. The number of nitrogens with two attached hydrogens (primary N) is 1. The molecule has 0 saturated heterocycles. The molecule has 0 aromatic heterocycles. The Labute approximate surface area is 96.5 Å². The maximum absolute atomic E-state index is 12.5. The SMILES string of the molecule is CCOC(OCC)P(=O)(OCC)[C@@H](N)CO. The third-order valence-corrected chi connectivity index (χ3v) is 4.53. The Hall–Kier alpha value is 0.0300. The van der Waals surface area contributed by atoms with Crippen LogP contribution in [0.15, 0.2) is 0 Å². The summed E-state index contributed by atoms with van der Waals surface area (Å²) < 4.78 is 28.1. The van der Waals surface area contributed by atoms with Crippen LogP contribution in [0.4, 0.5) is 0 Å². The molecule has 16 heavy (non-hydrogen) atoms. The van der Waals surface area contributed by atoms with Crippen LogP contribution in [0.25, 0.3) is 0 Å². The number of ether oxygens (including phenoxy) is 2. The van der Waals surface area contributed by atoms with Crippen LogP contribution < -0.4 is 5.73 Å². The first-order valence-corrected chi connectivity index (χ1v) is 7.16. The van der Waals surface area contributed by atoms with Gasteiger partial charge in [-0.25, -0.2) is 0 Å². The van der Waals surface area contributed by atoms with Gasteiger partial charge in [-0.1, -0.05) is 0 Å². The third-order valence-electron chi connectivity index (χ3n) is 1.89. The van der Waals surface area contributed by atoms with Crippen LogP contribution in [0.3, 0.4) is 0 Å². The molecule has 0 aromatic carbocycles. The van der Waals surface area contributed by atoms with Crippen LogP contribution in [-0.2, 0) is 18.6 Å². The van der Waals surface area contributed by atoms with Crippen molar-refractivity contribution in [2.45, 2.75) is 32.6 Å². The second kappa shape index (κ2) is 8.17. The molecule has 3 N–H and O–H groups in total. The van der Waals surface area contributed by atoms with E-state index < -0.39 is 25.8 Å². The van der Waals surface area contributed by atoms with E-state index in [1.165, 1.54) is 0 Å². The summed E-state index contributed by atoms with van der Waals surface area (Å²) in [7, 11) is -3.37. The molecule has 0 aliphatic heterocycles. The lowest BCUT2D eigenvalue weighted by atomic mass is 10.7. The highest BCUT2D eigenvalue weighted by molar-refractivity contribution is 7.60. The summed E-state index contributed by atoms with van der Waals surface area (Å²) in [6.45, 7) is 5.67. The zero-order valence-corrected chi connectivity index (χ0v) is 11.0. The Morgan fingerprint density at radius 3 is 2.00 bits per heavy atom. The first kappa shape index (κ1) is 16.0. The van der Waals surface area contributed by atoms with Gasteiger partial charge in [0.15, 0.2) is 0 Å². The molecule has 2 atom stereocenters. The second-order valence-corrected chi connectivity index (χ2v) is 5.66. The number of aliphatic hydroxyl groups is 1. The monoisotopic (exact) mass is 255 g/mol. The van der Waals surface area contributed by atoms with Gasteiger partial charge in [-0.05, 0) is 20.8 Å². The lowest BCUT2D eigenvalue weighted by molar-refractivity contribution is -0.0900. The van der Waals surface area contributed by atoms with Crippen molar-refractivity contribution in [2.75, 3.05) is 26.4 Å². The number of aliphatic hydroxyl groups excluding tert-OH is 1. The summed E-state index contributed by atoms with van der Waals surface area (Å²) in [6, 6.07) is -1.01. The minimum absolute atomic E-state index is 0.224. The quantitative estimate of drug-likeness (QED) is 0.470. The van der Waals surface area contributed by atoms with Gasteiger partial charge in [0, 0.05) is 13.2 Å². The van der Waals surface area contributed by atoms with E-state index in [0.29, 0.717) is 13.2 Å². The van der Waals surface area contributed by atoms with Crippen LogP contribution in [0.2, 0.25) is 0 Å². The molecule has 0 amide bonds. The van der Waals surface area contributed by atoms with Crippen molar-refractivity contribution in [1.29, 1.82) is 0 Å². The minimum Gasteiger partial charge on any atom is -0.394 e. The lowest BCUT2D eigenvalue weighted by Crippen LogP contribution is -2.33. The third kappa shape index (κ3) is 4.13.